The number of guanidine groups is 1. The summed E-state index contributed by atoms with van der Waals surface area (Å²) in [4.78, 5) is 23.4. The first-order chi connectivity index (χ1) is 10.0. The highest BCUT2D eigenvalue weighted by Crippen LogP contribution is 2.32. The zero-order valence-corrected chi connectivity index (χ0v) is 12.0. The lowest BCUT2D eigenvalue weighted by atomic mass is 10.2. The number of hydrogen-bond donors (Lipinski definition) is 3. The number of amides is 1. The molecule has 0 radical (unpaired) electrons. The highest BCUT2D eigenvalue weighted by Gasteiger charge is 2.40. The van der Waals surface area contributed by atoms with Crippen molar-refractivity contribution >= 4 is 23.5 Å². The maximum Gasteiger partial charge on any atom is 0.423 e. The van der Waals surface area contributed by atoms with Gasteiger partial charge in [0.2, 0.25) is 5.96 Å². The molecule has 0 aromatic carbocycles. The monoisotopic (exact) mass is 341 g/mol. The van der Waals surface area contributed by atoms with E-state index in [9.17, 15) is 22.8 Å². The van der Waals surface area contributed by atoms with Gasteiger partial charge in [0.15, 0.2) is 5.69 Å². The Morgan fingerprint density at radius 3 is 2.45 bits per heavy atom. The van der Waals surface area contributed by atoms with Gasteiger partial charge in [-0.05, 0) is 0 Å². The number of rotatable bonds is 1. The molecule has 1 amide bonds. The lowest BCUT2D eigenvalue weighted by Gasteiger charge is -2.16. The number of alkyl halides is 3. The van der Waals surface area contributed by atoms with Gasteiger partial charge in [-0.25, -0.2) is 10.5 Å². The van der Waals surface area contributed by atoms with Gasteiger partial charge in [0, 0.05) is 14.1 Å². The number of hydrogen-bond acceptors (Lipinski definition) is 6. The number of halogens is 4. The van der Waals surface area contributed by atoms with Crippen LogP contribution in [0.4, 0.5) is 13.2 Å². The summed E-state index contributed by atoms with van der Waals surface area (Å²) in [5.41, 5.74) is -4.03. The van der Waals surface area contributed by atoms with Crippen molar-refractivity contribution in [1.29, 1.82) is 0 Å². The van der Waals surface area contributed by atoms with Crippen LogP contribution >= 0.6 is 11.6 Å². The topological polar surface area (TPSA) is 132 Å². The molecular weight excluding hydrogens is 331 g/mol. The van der Waals surface area contributed by atoms with E-state index in [0.717, 1.165) is 12.1 Å². The number of hydrazone groups is 1. The van der Waals surface area contributed by atoms with E-state index in [4.69, 9.17) is 23.3 Å². The fraction of sp³-hybridized carbons (Fsp3) is 0.333. The predicted octanol–water partition coefficient (Wildman–Crippen LogP) is -0.782. The van der Waals surface area contributed by atoms with E-state index in [1.807, 2.05) is 5.32 Å². The van der Waals surface area contributed by atoms with Crippen molar-refractivity contribution in [3.8, 4) is 0 Å². The summed E-state index contributed by atoms with van der Waals surface area (Å²) in [6.07, 6.45) is -5.06. The van der Waals surface area contributed by atoms with Gasteiger partial charge in [0.05, 0.1) is 5.02 Å². The molecule has 0 unspecified atom stereocenters. The van der Waals surface area contributed by atoms with Crippen molar-refractivity contribution < 1.29 is 18.0 Å². The number of nitrogens with one attached hydrogen (secondary N) is 1. The quantitative estimate of drug-likeness (QED) is 0.266. The minimum Gasteiger partial charge on any atom is -0.320 e. The van der Waals surface area contributed by atoms with Gasteiger partial charge >= 0.3 is 6.18 Å². The van der Waals surface area contributed by atoms with Gasteiger partial charge < -0.3 is 5.84 Å². The van der Waals surface area contributed by atoms with Crippen LogP contribution < -0.4 is 22.6 Å². The summed E-state index contributed by atoms with van der Waals surface area (Å²) in [7, 11) is 2.21. The number of hydrazine groups is 1. The van der Waals surface area contributed by atoms with Crippen LogP contribution in [0.3, 0.4) is 0 Å². The largest absolute Gasteiger partial charge is 0.423 e. The highest BCUT2D eigenvalue weighted by atomic mass is 35.5. The Morgan fingerprint density at radius 1 is 1.50 bits per heavy atom. The van der Waals surface area contributed by atoms with Crippen LogP contribution in [0.1, 0.15) is 16.1 Å². The molecule has 0 bridgehead atoms. The normalized spacial score (nSPS) is 12.2. The Balaban J connectivity index is 3.42. The van der Waals surface area contributed by atoms with Gasteiger partial charge in [-0.3, -0.25) is 19.9 Å². The van der Waals surface area contributed by atoms with Crippen molar-refractivity contribution in [3.05, 3.63) is 26.6 Å². The summed E-state index contributed by atoms with van der Waals surface area (Å²) in [6, 6.07) is 0. The fourth-order valence-corrected chi connectivity index (χ4v) is 1.69. The number of carbonyl (C=O) groups excluding carboxylic acids is 1. The molecule has 1 heterocycles. The molecule has 0 aliphatic heterocycles. The smallest absolute Gasteiger partial charge is 0.320 e. The first kappa shape index (κ1) is 17.7. The van der Waals surface area contributed by atoms with Crippen molar-refractivity contribution in [3.63, 3.8) is 0 Å². The molecule has 0 spiro atoms. The van der Waals surface area contributed by atoms with Crippen molar-refractivity contribution in [2.75, 3.05) is 7.05 Å². The second-order valence-corrected chi connectivity index (χ2v) is 4.36. The molecule has 5 N–H and O–H groups in total. The molecule has 13 heteroatoms. The molecule has 9 nitrogen and oxygen atoms in total. The van der Waals surface area contributed by atoms with E-state index in [1.165, 1.54) is 7.05 Å². The van der Waals surface area contributed by atoms with Gasteiger partial charge in [-0.1, -0.05) is 11.6 Å². The Morgan fingerprint density at radius 2 is 2.05 bits per heavy atom. The molecule has 0 saturated heterocycles. The molecular formula is C9H11ClF3N7O2. The van der Waals surface area contributed by atoms with Gasteiger partial charge in [-0.2, -0.15) is 18.3 Å². The van der Waals surface area contributed by atoms with Crippen LogP contribution in [0.5, 0.6) is 0 Å². The molecule has 1 aromatic heterocycles. The zero-order chi connectivity index (χ0) is 17.2. The lowest BCUT2D eigenvalue weighted by Crippen LogP contribution is -2.47. The molecule has 122 valence electrons. The van der Waals surface area contributed by atoms with Crippen molar-refractivity contribution in [1.82, 2.24) is 20.1 Å². The van der Waals surface area contributed by atoms with Crippen molar-refractivity contribution in [2.24, 2.45) is 23.8 Å². The van der Waals surface area contributed by atoms with Crippen LogP contribution in [0.25, 0.3) is 0 Å². The van der Waals surface area contributed by atoms with Crippen molar-refractivity contribution in [2.45, 2.75) is 6.18 Å². The lowest BCUT2D eigenvalue weighted by molar-refractivity contribution is -0.139. The van der Waals surface area contributed by atoms with E-state index >= 15 is 0 Å². The minimum atomic E-state index is -5.06. The minimum absolute atomic E-state index is 0.342. The molecule has 0 aliphatic carbocycles. The standard InChI is InChI=1S/C9H11ClF3N7O2/c1-19(15)8(17-14)16-6(21)5-4(10)3(9(11,12)13)7(22)20(2)18-5/h14-15H2,1-2H3,(H,16,17,21). The molecule has 0 saturated carbocycles. The number of aryl methyl sites for hydroxylation is 1. The third kappa shape index (κ3) is 3.46. The number of aromatic nitrogens is 2. The van der Waals surface area contributed by atoms with Crippen LogP contribution in [-0.2, 0) is 13.2 Å². The van der Waals surface area contributed by atoms with Gasteiger partial charge in [0.1, 0.15) is 5.56 Å². The average Bonchev–Trinajstić information content (AvgIpc) is 2.38. The fourth-order valence-electron chi connectivity index (χ4n) is 1.38. The summed E-state index contributed by atoms with van der Waals surface area (Å²) in [5, 5.41) is 8.19. The molecule has 0 fully saturated rings. The summed E-state index contributed by atoms with van der Waals surface area (Å²) < 4.78 is 38.9. The summed E-state index contributed by atoms with van der Waals surface area (Å²) in [5.74, 6) is 8.71. The maximum atomic E-state index is 12.9. The highest BCUT2D eigenvalue weighted by molar-refractivity contribution is 6.34. The summed E-state index contributed by atoms with van der Waals surface area (Å²) in [6.45, 7) is 0. The third-order valence-corrected chi connectivity index (χ3v) is 2.73. The predicted molar refractivity (Wildman–Crippen MR) is 70.5 cm³/mol. The number of carbonyl (C=O) groups is 1. The Hall–Kier alpha value is -2.34. The van der Waals surface area contributed by atoms with E-state index < -0.39 is 33.9 Å². The zero-order valence-electron chi connectivity index (χ0n) is 11.3. The van der Waals surface area contributed by atoms with Gasteiger partial charge in [-0.15, -0.1) is 5.10 Å². The second kappa shape index (κ2) is 6.19. The van der Waals surface area contributed by atoms with E-state index in [0.29, 0.717) is 4.68 Å². The Labute approximate surface area is 126 Å². The average molecular weight is 342 g/mol. The third-order valence-electron chi connectivity index (χ3n) is 2.37. The van der Waals surface area contributed by atoms with E-state index in [-0.39, 0.29) is 5.96 Å². The van der Waals surface area contributed by atoms with Gasteiger partial charge in [0.25, 0.3) is 11.5 Å². The Bertz CT molecular complexity index is 683. The van der Waals surface area contributed by atoms with Crippen LogP contribution in [0.15, 0.2) is 9.90 Å². The van der Waals surface area contributed by atoms with Crippen LogP contribution in [0, 0.1) is 0 Å². The summed E-state index contributed by atoms with van der Waals surface area (Å²) >= 11 is 5.50. The Kier molecular flexibility index (Phi) is 4.98. The second-order valence-electron chi connectivity index (χ2n) is 3.98. The number of nitrogens with two attached hydrogens (primary N) is 2. The van der Waals surface area contributed by atoms with Crippen LogP contribution in [0.2, 0.25) is 5.02 Å². The first-order valence-electron chi connectivity index (χ1n) is 5.42. The molecule has 0 atom stereocenters. The molecule has 0 aliphatic rings. The van der Waals surface area contributed by atoms with Crippen LogP contribution in [-0.4, -0.2) is 33.7 Å². The number of nitrogens with zero attached hydrogens (tertiary/aromatic N) is 4. The maximum absolute atomic E-state index is 12.9. The molecule has 22 heavy (non-hydrogen) atoms. The first-order valence-corrected chi connectivity index (χ1v) is 5.80. The molecule has 1 rings (SSSR count). The van der Waals surface area contributed by atoms with E-state index in [2.05, 4.69) is 10.2 Å². The van der Waals surface area contributed by atoms with E-state index in [1.54, 1.807) is 0 Å². The molecule has 1 aromatic rings. The SMILES string of the molecule is CN(N)/C(=N\N)NC(=O)c1nn(C)c(=O)c(C(F)(F)F)c1Cl.